The summed E-state index contributed by atoms with van der Waals surface area (Å²) in [6, 6.07) is 44.7. The van der Waals surface area contributed by atoms with Gasteiger partial charge in [-0.25, -0.2) is 10.2 Å². The third-order valence-corrected chi connectivity index (χ3v) is 11.6. The first-order chi connectivity index (χ1) is 30.6. The van der Waals surface area contributed by atoms with Crippen LogP contribution in [0.5, 0.6) is 17.2 Å². The van der Waals surface area contributed by atoms with Gasteiger partial charge < -0.3 is 30.0 Å². The SMILES string of the molecule is CCCC[C@H](NNC(=O)COc1ccc(C(N)(C(=O)OCC2c3ccccc3-c3ccccc32)c2ccc(OC)cc2OC)cc1)C(=O)NC(c1ccccc1)c1ccc(C)cc1. The molecule has 11 heteroatoms. The summed E-state index contributed by atoms with van der Waals surface area (Å²) in [5.41, 5.74) is 19.2. The summed E-state index contributed by atoms with van der Waals surface area (Å²) < 4.78 is 23.2. The van der Waals surface area contributed by atoms with Gasteiger partial charge in [-0.2, -0.15) is 0 Å². The topological polar surface area (TPSA) is 150 Å². The maximum absolute atomic E-state index is 14.5. The van der Waals surface area contributed by atoms with Crippen molar-refractivity contribution in [2.24, 2.45) is 5.73 Å². The average Bonchev–Trinajstić information content (AvgIpc) is 3.65. The predicted molar refractivity (Wildman–Crippen MR) is 243 cm³/mol. The van der Waals surface area contributed by atoms with E-state index in [4.69, 9.17) is 24.7 Å². The van der Waals surface area contributed by atoms with Crippen LogP contribution in [0.1, 0.15) is 77.1 Å². The van der Waals surface area contributed by atoms with Crippen LogP contribution in [0.15, 0.2) is 146 Å². The first-order valence-electron chi connectivity index (χ1n) is 21.2. The van der Waals surface area contributed by atoms with E-state index in [2.05, 4.69) is 40.4 Å². The van der Waals surface area contributed by atoms with Crippen LogP contribution in [0.4, 0.5) is 0 Å². The molecule has 6 aromatic rings. The molecule has 1 aliphatic carbocycles. The lowest BCUT2D eigenvalue weighted by molar-refractivity contribution is -0.149. The second-order valence-electron chi connectivity index (χ2n) is 15.7. The molecular weight excluding hydrogens is 793 g/mol. The Bertz CT molecular complexity index is 2470. The maximum Gasteiger partial charge on any atom is 0.335 e. The summed E-state index contributed by atoms with van der Waals surface area (Å²) in [6.07, 6.45) is 2.14. The summed E-state index contributed by atoms with van der Waals surface area (Å²) in [5.74, 6) is -0.367. The van der Waals surface area contributed by atoms with Gasteiger partial charge in [-0.15, -0.1) is 0 Å². The van der Waals surface area contributed by atoms with Gasteiger partial charge in [0.15, 0.2) is 12.1 Å². The summed E-state index contributed by atoms with van der Waals surface area (Å²) in [4.78, 5) is 41.4. The summed E-state index contributed by atoms with van der Waals surface area (Å²) >= 11 is 0. The Labute approximate surface area is 368 Å². The van der Waals surface area contributed by atoms with Crippen molar-refractivity contribution in [2.45, 2.75) is 56.7 Å². The maximum atomic E-state index is 14.5. The number of nitrogens with one attached hydrogen (secondary N) is 3. The lowest BCUT2D eigenvalue weighted by Crippen LogP contribution is -2.53. The standard InChI is InChI=1S/C52H54N4O7/c1-5-6-20-46(50(58)54-49(35-14-8-7-9-15-35)36-23-21-34(2)22-24-36)55-56-48(57)33-62-38-27-25-37(26-28-38)52(53,45-30-29-39(60-3)31-47(45)61-4)51(59)63-32-44-42-18-12-10-16-40(42)41-17-11-13-19-43(41)44/h7-19,21-31,44,46,49,55H,5-6,20,32-33,53H2,1-4H3,(H,54,58)(H,56,57)/t46-,49?,52?/m0/s1. The first kappa shape index (κ1) is 44.1. The van der Waals surface area contributed by atoms with Crippen molar-refractivity contribution in [3.63, 3.8) is 0 Å². The number of esters is 1. The molecule has 0 spiro atoms. The van der Waals surface area contributed by atoms with Crippen molar-refractivity contribution in [1.82, 2.24) is 16.2 Å². The third kappa shape index (κ3) is 9.91. The van der Waals surface area contributed by atoms with Crippen LogP contribution in [-0.4, -0.2) is 51.3 Å². The lowest BCUT2D eigenvalue weighted by atomic mass is 9.83. The van der Waals surface area contributed by atoms with Crippen LogP contribution in [0.2, 0.25) is 0 Å². The van der Waals surface area contributed by atoms with Gasteiger partial charge in [0.1, 0.15) is 29.9 Å². The van der Waals surface area contributed by atoms with Crippen molar-refractivity contribution in [1.29, 1.82) is 0 Å². The molecule has 0 bridgehead atoms. The Morgan fingerprint density at radius 1 is 0.730 bits per heavy atom. The van der Waals surface area contributed by atoms with Crippen LogP contribution in [-0.2, 0) is 24.7 Å². The van der Waals surface area contributed by atoms with Crippen LogP contribution in [0, 0.1) is 6.92 Å². The number of unbranched alkanes of at least 4 members (excludes halogenated alkanes) is 1. The normalized spacial score (nSPS) is 13.7. The number of amides is 2. The second-order valence-corrected chi connectivity index (χ2v) is 15.7. The quantitative estimate of drug-likeness (QED) is 0.0470. The molecule has 0 saturated carbocycles. The van der Waals surface area contributed by atoms with E-state index in [1.165, 1.54) is 7.11 Å². The lowest BCUT2D eigenvalue weighted by Gasteiger charge is -2.30. The molecule has 0 fully saturated rings. The van der Waals surface area contributed by atoms with Gasteiger partial charge in [-0.3, -0.25) is 15.0 Å². The van der Waals surface area contributed by atoms with Crippen LogP contribution >= 0.6 is 0 Å². The summed E-state index contributed by atoms with van der Waals surface area (Å²) in [6.45, 7) is 3.78. The number of benzene rings is 6. The minimum Gasteiger partial charge on any atom is -0.497 e. The minimum absolute atomic E-state index is 0.0654. The van der Waals surface area contributed by atoms with Gasteiger partial charge in [-0.1, -0.05) is 141 Å². The molecule has 11 nitrogen and oxygen atoms in total. The molecule has 6 aromatic carbocycles. The van der Waals surface area contributed by atoms with Crippen molar-refractivity contribution >= 4 is 17.8 Å². The van der Waals surface area contributed by atoms with E-state index >= 15 is 0 Å². The highest BCUT2D eigenvalue weighted by molar-refractivity contribution is 5.88. The molecule has 63 heavy (non-hydrogen) atoms. The van der Waals surface area contributed by atoms with Crippen molar-refractivity contribution in [2.75, 3.05) is 27.4 Å². The molecule has 0 heterocycles. The second kappa shape index (κ2) is 20.3. The molecule has 324 valence electrons. The number of hydrogen-bond donors (Lipinski definition) is 4. The average molecular weight is 847 g/mol. The monoisotopic (exact) mass is 846 g/mol. The molecule has 0 aromatic heterocycles. The molecule has 0 radical (unpaired) electrons. The Balaban J connectivity index is 1.03. The van der Waals surface area contributed by atoms with E-state index in [1.54, 1.807) is 49.6 Å². The number of carbonyl (C=O) groups excluding carboxylic acids is 3. The molecule has 1 aliphatic rings. The Kier molecular flexibility index (Phi) is 14.2. The number of nitrogens with two attached hydrogens (primary N) is 1. The number of hydrazine groups is 1. The van der Waals surface area contributed by atoms with Crippen LogP contribution in [0.3, 0.4) is 0 Å². The molecule has 2 unspecified atom stereocenters. The van der Waals surface area contributed by atoms with Gasteiger partial charge in [0, 0.05) is 17.5 Å². The predicted octanol–water partition coefficient (Wildman–Crippen LogP) is 8.03. The fourth-order valence-electron chi connectivity index (χ4n) is 8.07. The summed E-state index contributed by atoms with van der Waals surface area (Å²) in [5, 5.41) is 3.20. The van der Waals surface area contributed by atoms with Crippen molar-refractivity contribution < 1.29 is 33.3 Å². The number of fused-ring (bicyclic) bond motifs is 3. The fourth-order valence-corrected chi connectivity index (χ4v) is 8.07. The highest BCUT2D eigenvalue weighted by Gasteiger charge is 2.43. The van der Waals surface area contributed by atoms with Crippen molar-refractivity contribution in [3.8, 4) is 28.4 Å². The van der Waals surface area contributed by atoms with Crippen LogP contribution < -0.4 is 36.1 Å². The van der Waals surface area contributed by atoms with Gasteiger partial charge in [-0.05, 0) is 76.6 Å². The number of ether oxygens (including phenoxy) is 4. The largest absolute Gasteiger partial charge is 0.497 e. The van der Waals surface area contributed by atoms with E-state index < -0.39 is 23.5 Å². The van der Waals surface area contributed by atoms with E-state index in [1.807, 2.05) is 92.7 Å². The molecule has 0 saturated heterocycles. The zero-order valence-corrected chi connectivity index (χ0v) is 36.1. The molecule has 7 rings (SSSR count). The Hall–Kier alpha value is -6.95. The van der Waals surface area contributed by atoms with Gasteiger partial charge in [0.25, 0.3) is 5.91 Å². The first-order valence-corrected chi connectivity index (χ1v) is 21.2. The van der Waals surface area contributed by atoms with E-state index in [-0.39, 0.29) is 31.1 Å². The van der Waals surface area contributed by atoms with Gasteiger partial charge in [0.05, 0.1) is 20.3 Å². The zero-order valence-electron chi connectivity index (χ0n) is 36.1. The molecule has 5 N–H and O–H groups in total. The Morgan fingerprint density at radius 3 is 1.98 bits per heavy atom. The molecular formula is C52H54N4O7. The number of aryl methyl sites for hydroxylation is 1. The number of rotatable bonds is 19. The molecule has 2 amide bonds. The fraction of sp³-hybridized carbons (Fsp3) is 0.250. The smallest absolute Gasteiger partial charge is 0.335 e. The highest BCUT2D eigenvalue weighted by atomic mass is 16.5. The summed E-state index contributed by atoms with van der Waals surface area (Å²) in [7, 11) is 3.04. The van der Waals surface area contributed by atoms with Crippen LogP contribution in [0.25, 0.3) is 11.1 Å². The Morgan fingerprint density at radius 2 is 1.35 bits per heavy atom. The number of carbonyl (C=O) groups is 3. The number of methoxy groups -OCH3 is 2. The minimum atomic E-state index is -1.82. The zero-order chi connectivity index (χ0) is 44.3. The third-order valence-electron chi connectivity index (χ3n) is 11.6. The number of hydrogen-bond acceptors (Lipinski definition) is 9. The molecule has 0 aliphatic heterocycles. The molecule has 3 atom stereocenters. The van der Waals surface area contributed by atoms with E-state index in [0.717, 1.165) is 51.8 Å². The van der Waals surface area contributed by atoms with Gasteiger partial charge in [0.2, 0.25) is 5.91 Å². The van der Waals surface area contributed by atoms with Crippen molar-refractivity contribution in [3.05, 3.63) is 185 Å². The van der Waals surface area contributed by atoms with E-state index in [0.29, 0.717) is 34.8 Å². The van der Waals surface area contributed by atoms with E-state index in [9.17, 15) is 14.4 Å². The van der Waals surface area contributed by atoms with Gasteiger partial charge >= 0.3 is 5.97 Å². The highest BCUT2D eigenvalue weighted by Crippen LogP contribution is 2.45.